The fraction of sp³-hybridized carbons (Fsp3) is 0.421. The number of nitrogens with two attached hydrogens (primary N) is 1. The highest BCUT2D eigenvalue weighted by Gasteiger charge is 2.36. The number of nitrogens with zero attached hydrogens (tertiary/aromatic N) is 5. The van der Waals surface area contributed by atoms with Crippen LogP contribution in [-0.4, -0.2) is 44.1 Å². The van der Waals surface area contributed by atoms with E-state index in [-0.39, 0.29) is 25.2 Å². The zero-order valence-electron chi connectivity index (χ0n) is 17.8. The number of hydroxylamine groups is 2. The topological polar surface area (TPSA) is 150 Å². The average Bonchev–Trinajstić information content (AvgIpc) is 2.81. The minimum absolute atomic E-state index is 0.140. The number of hydrogen-bond donors (Lipinski definition) is 4. The van der Waals surface area contributed by atoms with Crippen molar-refractivity contribution in [3.05, 3.63) is 36.2 Å². The summed E-state index contributed by atoms with van der Waals surface area (Å²) in [4.78, 5) is 34.9. The van der Waals surface area contributed by atoms with Crippen molar-refractivity contribution < 1.29 is 28.0 Å². The van der Waals surface area contributed by atoms with Crippen molar-refractivity contribution in [3.8, 4) is 0 Å². The highest BCUT2D eigenvalue weighted by atomic mass is 19.4. The molecule has 0 fully saturated rings. The van der Waals surface area contributed by atoms with Gasteiger partial charge in [-0.2, -0.15) is 18.2 Å². The van der Waals surface area contributed by atoms with Crippen LogP contribution >= 0.6 is 0 Å². The summed E-state index contributed by atoms with van der Waals surface area (Å²) in [6.07, 6.45) is -0.160. The van der Waals surface area contributed by atoms with Crippen LogP contribution in [-0.2, 0) is 15.8 Å². The summed E-state index contributed by atoms with van der Waals surface area (Å²) in [5.41, 5.74) is 3.60. The van der Waals surface area contributed by atoms with Gasteiger partial charge in [0.2, 0.25) is 18.3 Å². The third-order valence-electron chi connectivity index (χ3n) is 4.54. The summed E-state index contributed by atoms with van der Waals surface area (Å²) in [5.74, 6) is 3.18. The molecule has 2 aromatic rings. The van der Waals surface area contributed by atoms with E-state index in [0.29, 0.717) is 22.7 Å². The first kappa shape index (κ1) is 25.7. The molecule has 0 unspecified atom stereocenters. The van der Waals surface area contributed by atoms with E-state index in [9.17, 15) is 28.0 Å². The Labute approximate surface area is 187 Å². The van der Waals surface area contributed by atoms with Gasteiger partial charge < -0.3 is 0 Å². The van der Waals surface area contributed by atoms with Crippen LogP contribution in [0.3, 0.4) is 0 Å². The van der Waals surface area contributed by atoms with Crippen molar-refractivity contribution in [2.75, 3.05) is 22.4 Å². The molecule has 180 valence electrons. The van der Waals surface area contributed by atoms with Crippen molar-refractivity contribution in [2.45, 2.75) is 38.8 Å². The minimum atomic E-state index is -4.79. The number of carbonyl (C=O) groups is 2. The number of carbonyl (C=O) groups excluding carboxylic acids is 2. The fourth-order valence-electron chi connectivity index (χ4n) is 2.85. The van der Waals surface area contributed by atoms with Gasteiger partial charge in [0.25, 0.3) is 0 Å². The molecule has 0 spiro atoms. The van der Waals surface area contributed by atoms with Gasteiger partial charge in [-0.1, -0.05) is 32.3 Å². The number of halogens is 3. The number of anilines is 3. The Hall–Kier alpha value is -3.52. The number of nitrogens with one attached hydrogen (secondary N) is 2. The van der Waals surface area contributed by atoms with Crippen molar-refractivity contribution in [3.63, 3.8) is 0 Å². The molecule has 0 radical (unpaired) electrons. The molecular formula is C19H25F3N8O3. The lowest BCUT2D eigenvalue weighted by Gasteiger charge is -2.24. The van der Waals surface area contributed by atoms with E-state index in [2.05, 4.69) is 25.8 Å². The third kappa shape index (κ3) is 7.54. The van der Waals surface area contributed by atoms with Crippen LogP contribution in [0.1, 0.15) is 38.2 Å². The summed E-state index contributed by atoms with van der Waals surface area (Å²) in [6.45, 7) is 1.62. The zero-order valence-corrected chi connectivity index (χ0v) is 17.8. The molecule has 0 saturated carbocycles. The van der Waals surface area contributed by atoms with Crippen LogP contribution in [0, 0.1) is 5.92 Å². The SMILES string of the molecule is CCCCC[C@H](CN(O)C=O)C(=O)N(N)c1ncc(C(F)(F)F)c(NNc2ccccn2)n1. The zero-order chi connectivity index (χ0) is 24.4. The molecule has 0 aliphatic heterocycles. The molecule has 0 saturated heterocycles. The van der Waals surface area contributed by atoms with E-state index in [0.717, 1.165) is 12.8 Å². The lowest BCUT2D eigenvalue weighted by molar-refractivity contribution is -0.154. The normalized spacial score (nSPS) is 12.1. The monoisotopic (exact) mass is 470 g/mol. The predicted molar refractivity (Wildman–Crippen MR) is 112 cm³/mol. The predicted octanol–water partition coefficient (Wildman–Crippen LogP) is 2.58. The number of rotatable bonds is 12. The van der Waals surface area contributed by atoms with Gasteiger partial charge in [-0.05, 0) is 18.6 Å². The number of unbranched alkanes of at least 4 members (excludes halogenated alkanes) is 2. The van der Waals surface area contributed by atoms with Crippen molar-refractivity contribution >= 4 is 29.9 Å². The van der Waals surface area contributed by atoms with Crippen LogP contribution in [0.15, 0.2) is 30.6 Å². The molecule has 2 amide bonds. The Morgan fingerprint density at radius 3 is 2.64 bits per heavy atom. The standard InChI is InChI=1S/C19H25F3N8O3/c1-2-3-4-7-13(11-29(33)12-31)17(32)30(23)18-25-10-14(19(20,21)22)16(26-18)28-27-15-8-5-6-9-24-15/h5-6,8-10,12-13,33H,2-4,7,11,23H2,1H3,(H,24,27)(H,25,26,28)/t13-/m1/s1. The minimum Gasteiger partial charge on any atom is -0.286 e. The summed E-state index contributed by atoms with van der Waals surface area (Å²) >= 11 is 0. The lowest BCUT2D eigenvalue weighted by atomic mass is 10.00. The van der Waals surface area contributed by atoms with Crippen LogP contribution in [0.5, 0.6) is 0 Å². The number of pyridine rings is 1. The highest BCUT2D eigenvalue weighted by Crippen LogP contribution is 2.34. The van der Waals surface area contributed by atoms with E-state index >= 15 is 0 Å². The first-order valence-electron chi connectivity index (χ1n) is 10.0. The van der Waals surface area contributed by atoms with Crippen molar-refractivity contribution in [1.82, 2.24) is 20.0 Å². The van der Waals surface area contributed by atoms with Gasteiger partial charge in [-0.15, -0.1) is 0 Å². The second kappa shape index (κ2) is 11.9. The summed E-state index contributed by atoms with van der Waals surface area (Å²) < 4.78 is 40.2. The maximum atomic E-state index is 13.4. The lowest BCUT2D eigenvalue weighted by Crippen LogP contribution is -2.46. The van der Waals surface area contributed by atoms with Crippen molar-refractivity contribution in [2.24, 2.45) is 11.8 Å². The van der Waals surface area contributed by atoms with Gasteiger partial charge in [-0.25, -0.2) is 25.9 Å². The molecule has 11 nitrogen and oxygen atoms in total. The Morgan fingerprint density at radius 1 is 1.27 bits per heavy atom. The maximum absolute atomic E-state index is 13.4. The molecular weight excluding hydrogens is 445 g/mol. The highest BCUT2D eigenvalue weighted by molar-refractivity contribution is 5.92. The summed E-state index contributed by atoms with van der Waals surface area (Å²) in [5, 5.41) is 10.3. The molecule has 0 aliphatic rings. The smallest absolute Gasteiger partial charge is 0.286 e. The first-order valence-corrected chi connectivity index (χ1v) is 10.0. The quantitative estimate of drug-likeness (QED) is 0.0916. The van der Waals surface area contributed by atoms with E-state index in [1.165, 1.54) is 12.3 Å². The molecule has 0 aliphatic carbocycles. The fourth-order valence-corrected chi connectivity index (χ4v) is 2.85. The molecule has 14 heteroatoms. The van der Waals surface area contributed by atoms with Gasteiger partial charge >= 0.3 is 6.18 Å². The van der Waals surface area contributed by atoms with Gasteiger partial charge in [0.1, 0.15) is 11.4 Å². The summed E-state index contributed by atoms with van der Waals surface area (Å²) in [6, 6.07) is 4.76. The molecule has 5 N–H and O–H groups in total. The molecule has 2 aromatic heterocycles. The Bertz CT molecular complexity index is 917. The molecule has 1 atom stereocenters. The molecule has 33 heavy (non-hydrogen) atoms. The largest absolute Gasteiger partial charge is 0.421 e. The molecule has 2 heterocycles. The number of amides is 2. The van der Waals surface area contributed by atoms with E-state index < -0.39 is 35.3 Å². The van der Waals surface area contributed by atoms with E-state index in [1.807, 2.05) is 6.92 Å². The number of hydrazine groups is 2. The second-order valence-electron chi connectivity index (χ2n) is 7.02. The number of aromatic nitrogens is 3. The van der Waals surface area contributed by atoms with Crippen LogP contribution in [0.2, 0.25) is 0 Å². The Kier molecular flexibility index (Phi) is 9.30. The molecule has 0 bridgehead atoms. The van der Waals surface area contributed by atoms with E-state index in [4.69, 9.17) is 5.84 Å². The van der Waals surface area contributed by atoms with Crippen LogP contribution < -0.4 is 21.7 Å². The first-order chi connectivity index (χ1) is 15.7. The molecule has 2 rings (SSSR count). The Balaban J connectivity index is 2.28. The maximum Gasteiger partial charge on any atom is 0.421 e. The van der Waals surface area contributed by atoms with Gasteiger partial charge in [-0.3, -0.25) is 25.6 Å². The van der Waals surface area contributed by atoms with Gasteiger partial charge in [0, 0.05) is 12.4 Å². The van der Waals surface area contributed by atoms with Crippen LogP contribution in [0.25, 0.3) is 0 Å². The average molecular weight is 470 g/mol. The van der Waals surface area contributed by atoms with E-state index in [1.54, 1.807) is 12.1 Å². The summed E-state index contributed by atoms with van der Waals surface area (Å²) in [7, 11) is 0. The number of hydrogen-bond acceptors (Lipinski definition) is 9. The van der Waals surface area contributed by atoms with Crippen LogP contribution in [0.4, 0.5) is 30.8 Å². The molecule has 0 aromatic carbocycles. The Morgan fingerprint density at radius 2 is 2.03 bits per heavy atom. The van der Waals surface area contributed by atoms with Gasteiger partial charge in [0.05, 0.1) is 12.5 Å². The van der Waals surface area contributed by atoms with Gasteiger partial charge in [0.15, 0.2) is 5.82 Å². The third-order valence-corrected chi connectivity index (χ3v) is 4.54. The van der Waals surface area contributed by atoms with Crippen molar-refractivity contribution in [1.29, 1.82) is 0 Å². The number of alkyl halides is 3. The second-order valence-corrected chi connectivity index (χ2v) is 7.02.